The smallest absolute Gasteiger partial charge is 0.309 e. The molecule has 2 N–H and O–H groups in total. The Morgan fingerprint density at radius 3 is 2.38 bits per heavy atom. The Bertz CT molecular complexity index is 661. The van der Waals surface area contributed by atoms with Crippen LogP contribution in [0.15, 0.2) is 24.3 Å². The summed E-state index contributed by atoms with van der Waals surface area (Å²) in [6.07, 6.45) is 1.24. The van der Waals surface area contributed by atoms with Gasteiger partial charge in [0.1, 0.15) is 0 Å². The second-order valence-corrected chi connectivity index (χ2v) is 6.61. The number of methoxy groups -OCH3 is 1. The molecule has 2 amide bonds. The molecule has 0 radical (unpaired) electrons. The molecule has 162 valence electrons. The highest BCUT2D eigenvalue weighted by molar-refractivity contribution is 5.96. The summed E-state index contributed by atoms with van der Waals surface area (Å²) in [5, 5.41) is 5.74. The summed E-state index contributed by atoms with van der Waals surface area (Å²) in [6, 6.07) is 6.83. The van der Waals surface area contributed by atoms with E-state index in [-0.39, 0.29) is 42.7 Å². The van der Waals surface area contributed by atoms with Crippen LogP contribution in [-0.2, 0) is 19.1 Å². The standard InChI is InChI=1S/C20H29N3O5.ClH/c1-3-28-20(26)16-8-11-23(12-9-16)19(25)15-4-6-17(7-5-15)22-18(24)14-21-10-13-27-2;/h4-7,16,21H,3,8-14H2,1-2H3,(H,22,24);1H. The van der Waals surface area contributed by atoms with Crippen LogP contribution in [0.25, 0.3) is 0 Å². The number of rotatable bonds is 9. The Hall–Kier alpha value is -2.16. The number of benzene rings is 1. The maximum Gasteiger partial charge on any atom is 0.309 e. The van der Waals surface area contributed by atoms with Gasteiger partial charge in [-0.25, -0.2) is 0 Å². The minimum Gasteiger partial charge on any atom is -0.466 e. The van der Waals surface area contributed by atoms with Crippen LogP contribution in [0.4, 0.5) is 5.69 Å². The minimum atomic E-state index is -0.175. The van der Waals surface area contributed by atoms with Gasteiger partial charge in [-0.15, -0.1) is 12.4 Å². The first-order valence-corrected chi connectivity index (χ1v) is 9.60. The first kappa shape index (κ1) is 24.9. The van der Waals surface area contributed by atoms with Crippen LogP contribution in [0.1, 0.15) is 30.1 Å². The topological polar surface area (TPSA) is 97.0 Å². The monoisotopic (exact) mass is 427 g/mol. The molecule has 1 aromatic carbocycles. The average molecular weight is 428 g/mol. The number of likely N-dealkylation sites (tertiary alicyclic amines) is 1. The number of ether oxygens (including phenoxy) is 2. The van der Waals surface area contributed by atoms with E-state index in [1.165, 1.54) is 0 Å². The lowest BCUT2D eigenvalue weighted by Gasteiger charge is -2.31. The van der Waals surface area contributed by atoms with Crippen molar-refractivity contribution >= 4 is 35.9 Å². The zero-order valence-electron chi connectivity index (χ0n) is 16.9. The number of anilines is 1. The molecule has 29 heavy (non-hydrogen) atoms. The Balaban J connectivity index is 0.00000420. The van der Waals surface area contributed by atoms with Gasteiger partial charge in [0.05, 0.1) is 25.7 Å². The summed E-state index contributed by atoms with van der Waals surface area (Å²) in [5.74, 6) is -0.525. The Morgan fingerprint density at radius 2 is 1.79 bits per heavy atom. The number of piperidine rings is 1. The van der Waals surface area contributed by atoms with Crippen LogP contribution in [0, 0.1) is 5.92 Å². The third-order valence-corrected chi connectivity index (χ3v) is 4.59. The van der Waals surface area contributed by atoms with E-state index in [9.17, 15) is 14.4 Å². The molecule has 9 heteroatoms. The van der Waals surface area contributed by atoms with Crippen molar-refractivity contribution in [2.24, 2.45) is 5.92 Å². The molecule has 1 fully saturated rings. The molecule has 0 spiro atoms. The van der Waals surface area contributed by atoms with Crippen LogP contribution >= 0.6 is 12.4 Å². The zero-order valence-corrected chi connectivity index (χ0v) is 17.8. The number of esters is 1. The normalized spacial score (nSPS) is 14.1. The minimum absolute atomic E-state index is 0. The van der Waals surface area contributed by atoms with E-state index in [0.29, 0.717) is 56.9 Å². The van der Waals surface area contributed by atoms with Crippen molar-refractivity contribution in [1.29, 1.82) is 0 Å². The lowest BCUT2D eigenvalue weighted by atomic mass is 9.96. The van der Waals surface area contributed by atoms with Crippen molar-refractivity contribution in [1.82, 2.24) is 10.2 Å². The summed E-state index contributed by atoms with van der Waals surface area (Å²) < 4.78 is 9.96. The lowest BCUT2D eigenvalue weighted by Crippen LogP contribution is -2.40. The van der Waals surface area contributed by atoms with E-state index in [1.807, 2.05) is 0 Å². The van der Waals surface area contributed by atoms with Crippen LogP contribution in [0.5, 0.6) is 0 Å². The SMILES string of the molecule is CCOC(=O)C1CCN(C(=O)c2ccc(NC(=O)CNCCOC)cc2)CC1.Cl. The van der Waals surface area contributed by atoms with E-state index < -0.39 is 0 Å². The third kappa shape index (κ3) is 8.00. The quantitative estimate of drug-likeness (QED) is 0.460. The number of carbonyl (C=O) groups is 3. The van der Waals surface area contributed by atoms with E-state index in [2.05, 4.69) is 10.6 Å². The van der Waals surface area contributed by atoms with Gasteiger partial charge in [0.15, 0.2) is 0 Å². The van der Waals surface area contributed by atoms with Crippen LogP contribution in [0.3, 0.4) is 0 Å². The average Bonchev–Trinajstić information content (AvgIpc) is 2.71. The fraction of sp³-hybridized carbons (Fsp3) is 0.550. The Morgan fingerprint density at radius 1 is 1.14 bits per heavy atom. The van der Waals surface area contributed by atoms with Gasteiger partial charge < -0.3 is 25.0 Å². The Kier molecular flexibility index (Phi) is 11.3. The van der Waals surface area contributed by atoms with Crippen LogP contribution < -0.4 is 10.6 Å². The molecule has 1 heterocycles. The van der Waals surface area contributed by atoms with Crippen molar-refractivity contribution in [3.05, 3.63) is 29.8 Å². The summed E-state index contributed by atoms with van der Waals surface area (Å²) >= 11 is 0. The zero-order chi connectivity index (χ0) is 20.4. The predicted molar refractivity (Wildman–Crippen MR) is 112 cm³/mol. The van der Waals surface area contributed by atoms with E-state index in [1.54, 1.807) is 43.2 Å². The highest BCUT2D eigenvalue weighted by atomic mass is 35.5. The third-order valence-electron chi connectivity index (χ3n) is 4.59. The summed E-state index contributed by atoms with van der Waals surface area (Å²) in [6.45, 7) is 4.58. The largest absolute Gasteiger partial charge is 0.466 e. The molecule has 0 unspecified atom stereocenters. The molecule has 0 atom stereocenters. The fourth-order valence-electron chi connectivity index (χ4n) is 3.04. The molecule has 0 bridgehead atoms. The molecular weight excluding hydrogens is 398 g/mol. The number of nitrogens with zero attached hydrogens (tertiary/aromatic N) is 1. The number of hydrogen-bond donors (Lipinski definition) is 2. The lowest BCUT2D eigenvalue weighted by molar-refractivity contribution is -0.149. The molecule has 1 saturated heterocycles. The first-order chi connectivity index (χ1) is 13.5. The van der Waals surface area contributed by atoms with Crippen molar-refractivity contribution < 1.29 is 23.9 Å². The summed E-state index contributed by atoms with van der Waals surface area (Å²) in [5.41, 5.74) is 1.20. The van der Waals surface area contributed by atoms with E-state index in [4.69, 9.17) is 9.47 Å². The molecule has 0 saturated carbocycles. The number of halogens is 1. The molecular formula is C20H30ClN3O5. The molecule has 1 aromatic rings. The highest BCUT2D eigenvalue weighted by Crippen LogP contribution is 2.21. The first-order valence-electron chi connectivity index (χ1n) is 9.60. The van der Waals surface area contributed by atoms with Gasteiger partial charge in [0.2, 0.25) is 5.91 Å². The summed E-state index contributed by atoms with van der Waals surface area (Å²) in [4.78, 5) is 38.0. The maximum absolute atomic E-state index is 12.6. The fourth-order valence-corrected chi connectivity index (χ4v) is 3.04. The van der Waals surface area contributed by atoms with E-state index >= 15 is 0 Å². The van der Waals surface area contributed by atoms with Crippen molar-refractivity contribution in [3.8, 4) is 0 Å². The van der Waals surface area contributed by atoms with Crippen LogP contribution in [0.2, 0.25) is 0 Å². The van der Waals surface area contributed by atoms with Crippen molar-refractivity contribution in [3.63, 3.8) is 0 Å². The van der Waals surface area contributed by atoms with Gasteiger partial charge in [0, 0.05) is 38.0 Å². The molecule has 0 aromatic heterocycles. The second-order valence-electron chi connectivity index (χ2n) is 6.61. The number of nitrogens with one attached hydrogen (secondary N) is 2. The number of carbonyl (C=O) groups excluding carboxylic acids is 3. The van der Waals surface area contributed by atoms with Gasteiger partial charge >= 0.3 is 5.97 Å². The molecule has 1 aliphatic rings. The predicted octanol–water partition coefficient (Wildman–Crippen LogP) is 1.70. The molecule has 0 aliphatic carbocycles. The summed E-state index contributed by atoms with van der Waals surface area (Å²) in [7, 11) is 1.60. The second kappa shape index (κ2) is 13.1. The van der Waals surface area contributed by atoms with Gasteiger partial charge in [0.25, 0.3) is 5.91 Å². The number of amides is 2. The van der Waals surface area contributed by atoms with Crippen molar-refractivity contribution in [2.45, 2.75) is 19.8 Å². The van der Waals surface area contributed by atoms with Gasteiger partial charge in [-0.05, 0) is 44.0 Å². The Labute approximate surface area is 177 Å². The number of hydrogen-bond acceptors (Lipinski definition) is 6. The van der Waals surface area contributed by atoms with Gasteiger partial charge in [-0.1, -0.05) is 0 Å². The van der Waals surface area contributed by atoms with Crippen LogP contribution in [-0.4, -0.2) is 69.2 Å². The molecule has 8 nitrogen and oxygen atoms in total. The van der Waals surface area contributed by atoms with Gasteiger partial charge in [-0.2, -0.15) is 0 Å². The molecule has 2 rings (SSSR count). The van der Waals surface area contributed by atoms with Crippen molar-refractivity contribution in [2.75, 3.05) is 51.8 Å². The maximum atomic E-state index is 12.6. The van der Waals surface area contributed by atoms with E-state index in [0.717, 1.165) is 0 Å². The van der Waals surface area contributed by atoms with Gasteiger partial charge in [-0.3, -0.25) is 14.4 Å². The molecule has 1 aliphatic heterocycles. The highest BCUT2D eigenvalue weighted by Gasteiger charge is 2.28.